The van der Waals surface area contributed by atoms with Crippen LogP contribution in [0, 0.1) is 7.05 Å². The summed E-state index contributed by atoms with van der Waals surface area (Å²) in [6.45, 7) is 7.72. The molecule has 0 fully saturated rings. The SMILES string of the molecule is [CH2]NN(CCCC)C(C)CC. The Bertz CT molecular complexity index is 83.6. The number of hydrogen-bond acceptors (Lipinski definition) is 2. The largest absolute Gasteiger partial charge is 0.254 e. The highest BCUT2D eigenvalue weighted by Crippen LogP contribution is 2.01. The molecule has 2 nitrogen and oxygen atoms in total. The maximum atomic E-state index is 3.68. The van der Waals surface area contributed by atoms with Crippen molar-refractivity contribution in [2.45, 2.75) is 46.1 Å². The lowest BCUT2D eigenvalue weighted by molar-refractivity contribution is 0.153. The molecule has 1 N–H and O–H groups in total. The van der Waals surface area contributed by atoms with Gasteiger partial charge in [-0.2, -0.15) is 0 Å². The summed E-state index contributed by atoms with van der Waals surface area (Å²) in [7, 11) is 3.68. The fraction of sp³-hybridized carbons (Fsp3) is 0.889. The summed E-state index contributed by atoms with van der Waals surface area (Å²) in [6, 6.07) is 0.596. The molecule has 0 aliphatic rings. The van der Waals surface area contributed by atoms with Gasteiger partial charge in [-0.25, -0.2) is 5.01 Å². The molecule has 0 aromatic carbocycles. The van der Waals surface area contributed by atoms with E-state index in [0.717, 1.165) is 6.54 Å². The molecule has 67 valence electrons. The molecule has 1 radical (unpaired) electrons. The first-order chi connectivity index (χ1) is 5.26. The summed E-state index contributed by atoms with van der Waals surface area (Å²) >= 11 is 0. The molecule has 0 aromatic rings. The monoisotopic (exact) mass is 157 g/mol. The van der Waals surface area contributed by atoms with Gasteiger partial charge in [0.25, 0.3) is 0 Å². The van der Waals surface area contributed by atoms with Crippen molar-refractivity contribution >= 4 is 0 Å². The third-order valence-corrected chi connectivity index (χ3v) is 2.08. The lowest BCUT2D eigenvalue weighted by Gasteiger charge is -2.26. The number of nitrogens with one attached hydrogen (secondary N) is 1. The fourth-order valence-electron chi connectivity index (χ4n) is 1.00. The number of hydrazine groups is 1. The topological polar surface area (TPSA) is 15.3 Å². The first-order valence-corrected chi connectivity index (χ1v) is 4.55. The third kappa shape index (κ3) is 4.38. The van der Waals surface area contributed by atoms with E-state index >= 15 is 0 Å². The second kappa shape index (κ2) is 6.62. The molecule has 0 aromatic heterocycles. The molecule has 11 heavy (non-hydrogen) atoms. The van der Waals surface area contributed by atoms with E-state index in [4.69, 9.17) is 0 Å². The van der Waals surface area contributed by atoms with Crippen molar-refractivity contribution in [1.29, 1.82) is 0 Å². The van der Waals surface area contributed by atoms with Crippen molar-refractivity contribution in [2.75, 3.05) is 6.54 Å². The van der Waals surface area contributed by atoms with Crippen LogP contribution in [0.5, 0.6) is 0 Å². The van der Waals surface area contributed by atoms with Crippen LogP contribution in [0.1, 0.15) is 40.0 Å². The molecule has 0 saturated heterocycles. The van der Waals surface area contributed by atoms with Gasteiger partial charge >= 0.3 is 0 Å². The van der Waals surface area contributed by atoms with E-state index in [0.29, 0.717) is 6.04 Å². The number of nitrogens with zero attached hydrogens (tertiary/aromatic N) is 1. The van der Waals surface area contributed by atoms with Gasteiger partial charge in [-0.15, -0.1) is 0 Å². The van der Waals surface area contributed by atoms with E-state index in [1.807, 2.05) is 0 Å². The van der Waals surface area contributed by atoms with Crippen molar-refractivity contribution in [3.63, 3.8) is 0 Å². The van der Waals surface area contributed by atoms with Crippen molar-refractivity contribution in [3.8, 4) is 0 Å². The Morgan fingerprint density at radius 3 is 2.45 bits per heavy atom. The Balaban J connectivity index is 3.56. The average molecular weight is 157 g/mol. The van der Waals surface area contributed by atoms with Crippen LogP contribution >= 0.6 is 0 Å². The Morgan fingerprint density at radius 2 is 2.09 bits per heavy atom. The van der Waals surface area contributed by atoms with Crippen LogP contribution in [0.25, 0.3) is 0 Å². The Kier molecular flexibility index (Phi) is 6.57. The van der Waals surface area contributed by atoms with E-state index in [1.165, 1.54) is 19.3 Å². The van der Waals surface area contributed by atoms with Crippen molar-refractivity contribution in [1.82, 2.24) is 10.4 Å². The van der Waals surface area contributed by atoms with Gasteiger partial charge in [0.15, 0.2) is 0 Å². The van der Waals surface area contributed by atoms with E-state index < -0.39 is 0 Å². The Hall–Kier alpha value is -0.0800. The highest BCUT2D eigenvalue weighted by molar-refractivity contribution is 4.60. The van der Waals surface area contributed by atoms with Gasteiger partial charge < -0.3 is 0 Å². The second-order valence-corrected chi connectivity index (χ2v) is 2.96. The summed E-state index contributed by atoms with van der Waals surface area (Å²) < 4.78 is 0. The molecule has 2 heteroatoms. The zero-order valence-electron chi connectivity index (χ0n) is 8.06. The van der Waals surface area contributed by atoms with Crippen LogP contribution in [-0.4, -0.2) is 17.6 Å². The van der Waals surface area contributed by atoms with Gasteiger partial charge in [-0.05, 0) is 19.8 Å². The van der Waals surface area contributed by atoms with E-state index in [2.05, 4.69) is 38.3 Å². The first kappa shape index (κ1) is 10.9. The summed E-state index contributed by atoms with van der Waals surface area (Å²) in [4.78, 5) is 0. The van der Waals surface area contributed by atoms with Crippen LogP contribution in [-0.2, 0) is 0 Å². The molecule has 0 aliphatic heterocycles. The predicted octanol–water partition coefficient (Wildman–Crippen LogP) is 2.18. The molecule has 0 amide bonds. The number of rotatable bonds is 6. The van der Waals surface area contributed by atoms with Crippen LogP contribution in [0.15, 0.2) is 0 Å². The fourth-order valence-corrected chi connectivity index (χ4v) is 1.00. The van der Waals surface area contributed by atoms with Gasteiger partial charge in [0, 0.05) is 19.6 Å². The predicted molar refractivity (Wildman–Crippen MR) is 49.9 cm³/mol. The zero-order chi connectivity index (χ0) is 8.69. The average Bonchev–Trinajstić information content (AvgIpc) is 2.05. The minimum absolute atomic E-state index is 0.596. The molecule has 0 heterocycles. The van der Waals surface area contributed by atoms with Crippen LogP contribution < -0.4 is 5.43 Å². The Morgan fingerprint density at radius 1 is 1.45 bits per heavy atom. The first-order valence-electron chi connectivity index (χ1n) is 4.55. The van der Waals surface area contributed by atoms with Crippen molar-refractivity contribution in [3.05, 3.63) is 7.05 Å². The Labute approximate surface area is 70.9 Å². The van der Waals surface area contributed by atoms with E-state index in [-0.39, 0.29) is 0 Å². The zero-order valence-corrected chi connectivity index (χ0v) is 8.06. The summed E-state index contributed by atoms with van der Waals surface area (Å²) in [5.41, 5.74) is 2.97. The van der Waals surface area contributed by atoms with E-state index in [1.54, 1.807) is 0 Å². The number of hydrogen-bond donors (Lipinski definition) is 1. The van der Waals surface area contributed by atoms with Gasteiger partial charge in [-0.1, -0.05) is 20.3 Å². The maximum Gasteiger partial charge on any atom is 0.0242 e. The highest BCUT2D eigenvalue weighted by Gasteiger charge is 2.07. The lowest BCUT2D eigenvalue weighted by atomic mass is 10.2. The molecular formula is C9H21N2. The molecule has 1 atom stereocenters. The minimum atomic E-state index is 0.596. The molecule has 0 bridgehead atoms. The van der Waals surface area contributed by atoms with Gasteiger partial charge in [-0.3, -0.25) is 5.43 Å². The smallest absolute Gasteiger partial charge is 0.0242 e. The van der Waals surface area contributed by atoms with Gasteiger partial charge in [0.1, 0.15) is 0 Å². The normalized spacial score (nSPS) is 13.9. The summed E-state index contributed by atoms with van der Waals surface area (Å²) in [5, 5.41) is 2.20. The lowest BCUT2D eigenvalue weighted by Crippen LogP contribution is -2.41. The highest BCUT2D eigenvalue weighted by atomic mass is 15.5. The van der Waals surface area contributed by atoms with Crippen LogP contribution in [0.4, 0.5) is 0 Å². The molecule has 0 saturated carbocycles. The second-order valence-electron chi connectivity index (χ2n) is 2.96. The third-order valence-electron chi connectivity index (χ3n) is 2.08. The summed E-state index contributed by atoms with van der Waals surface area (Å²) in [5.74, 6) is 0. The summed E-state index contributed by atoms with van der Waals surface area (Å²) in [6.07, 6.45) is 3.66. The van der Waals surface area contributed by atoms with Crippen molar-refractivity contribution < 1.29 is 0 Å². The molecular weight excluding hydrogens is 136 g/mol. The number of unbranched alkanes of at least 4 members (excludes halogenated alkanes) is 1. The van der Waals surface area contributed by atoms with Crippen LogP contribution in [0.3, 0.4) is 0 Å². The quantitative estimate of drug-likeness (QED) is 0.594. The van der Waals surface area contributed by atoms with Gasteiger partial charge in [0.05, 0.1) is 0 Å². The molecule has 0 rings (SSSR count). The van der Waals surface area contributed by atoms with Crippen molar-refractivity contribution in [2.24, 2.45) is 0 Å². The minimum Gasteiger partial charge on any atom is -0.254 e. The molecule has 0 aliphatic carbocycles. The maximum absolute atomic E-state index is 3.68. The van der Waals surface area contributed by atoms with E-state index in [9.17, 15) is 0 Å². The van der Waals surface area contributed by atoms with Gasteiger partial charge in [0.2, 0.25) is 0 Å². The standard InChI is InChI=1S/C9H21N2/c1-5-7-8-11(10-4)9(3)6-2/h9-10H,4-8H2,1-3H3. The van der Waals surface area contributed by atoms with Crippen LogP contribution in [0.2, 0.25) is 0 Å². The molecule has 0 spiro atoms. The molecule has 1 unspecified atom stereocenters.